The molecule has 3 rings (SSSR count). The van der Waals surface area contributed by atoms with Crippen molar-refractivity contribution in [2.45, 2.75) is 39.0 Å². The zero-order chi connectivity index (χ0) is 18.4. The summed E-state index contributed by atoms with van der Waals surface area (Å²) >= 11 is 3.53. The molecule has 2 aromatic rings. The van der Waals surface area contributed by atoms with Gasteiger partial charge in [-0.2, -0.15) is 0 Å². The largest absolute Gasteiger partial charge is 0.488 e. The Bertz CT molecular complexity index is 725. The SMILES string of the molecule is CCN1CCC[C@H]1CNCc1cc(Br)ccc1OCc1ccccc1F. The van der Waals surface area contributed by atoms with E-state index in [1.54, 1.807) is 12.1 Å². The van der Waals surface area contributed by atoms with Crippen molar-refractivity contribution in [3.63, 3.8) is 0 Å². The number of ether oxygens (including phenoxy) is 1. The molecule has 0 unspecified atom stereocenters. The smallest absolute Gasteiger partial charge is 0.129 e. The highest BCUT2D eigenvalue weighted by Crippen LogP contribution is 2.25. The zero-order valence-corrected chi connectivity index (χ0v) is 16.8. The van der Waals surface area contributed by atoms with Gasteiger partial charge in [0.1, 0.15) is 18.2 Å². The first-order chi connectivity index (χ1) is 12.7. The number of hydrogen-bond donors (Lipinski definition) is 1. The lowest BCUT2D eigenvalue weighted by molar-refractivity contribution is 0.258. The van der Waals surface area contributed by atoms with Gasteiger partial charge in [-0.25, -0.2) is 4.39 Å². The lowest BCUT2D eigenvalue weighted by Crippen LogP contribution is -2.37. The third-order valence-corrected chi connectivity index (χ3v) is 5.46. The summed E-state index contributed by atoms with van der Waals surface area (Å²) in [4.78, 5) is 2.53. The first-order valence-electron chi connectivity index (χ1n) is 9.26. The molecule has 0 radical (unpaired) electrons. The van der Waals surface area contributed by atoms with Crippen molar-refractivity contribution in [3.05, 3.63) is 63.9 Å². The van der Waals surface area contributed by atoms with E-state index in [1.165, 1.54) is 25.5 Å². The third kappa shape index (κ3) is 5.06. The molecule has 0 saturated carbocycles. The van der Waals surface area contributed by atoms with E-state index in [0.29, 0.717) is 11.6 Å². The van der Waals surface area contributed by atoms with Crippen molar-refractivity contribution >= 4 is 15.9 Å². The van der Waals surface area contributed by atoms with Crippen molar-refractivity contribution in [2.75, 3.05) is 19.6 Å². The van der Waals surface area contributed by atoms with E-state index in [-0.39, 0.29) is 12.4 Å². The van der Waals surface area contributed by atoms with Gasteiger partial charge in [0.2, 0.25) is 0 Å². The highest BCUT2D eigenvalue weighted by molar-refractivity contribution is 9.10. The molecule has 0 amide bonds. The van der Waals surface area contributed by atoms with Crippen LogP contribution in [0.2, 0.25) is 0 Å². The Labute approximate surface area is 163 Å². The number of likely N-dealkylation sites (tertiary alicyclic amines) is 1. The Kier molecular flexibility index (Phi) is 7.06. The highest BCUT2D eigenvalue weighted by Gasteiger charge is 2.22. The first kappa shape index (κ1) is 19.3. The standard InChI is InChI=1S/C21H26BrFN2O/c1-2-25-11-5-7-19(25)14-24-13-17-12-18(22)9-10-21(17)26-15-16-6-3-4-8-20(16)23/h3-4,6,8-10,12,19,24H,2,5,7,11,13-15H2,1H3/t19-/m0/s1. The van der Waals surface area contributed by atoms with Crippen LogP contribution in [0.1, 0.15) is 30.9 Å². The number of halogens is 2. The quantitative estimate of drug-likeness (QED) is 0.667. The maximum Gasteiger partial charge on any atom is 0.129 e. The third-order valence-electron chi connectivity index (χ3n) is 4.96. The summed E-state index contributed by atoms with van der Waals surface area (Å²) in [5.41, 5.74) is 1.65. The minimum absolute atomic E-state index is 0.230. The molecule has 3 nitrogen and oxygen atoms in total. The molecule has 1 aliphatic heterocycles. The van der Waals surface area contributed by atoms with E-state index in [0.717, 1.165) is 35.4 Å². The Morgan fingerprint density at radius 3 is 2.88 bits per heavy atom. The second-order valence-electron chi connectivity index (χ2n) is 6.69. The number of benzene rings is 2. The minimum atomic E-state index is -0.231. The summed E-state index contributed by atoms with van der Waals surface area (Å²) in [6.45, 7) is 6.49. The molecule has 0 aromatic heterocycles. The van der Waals surface area contributed by atoms with Crippen LogP contribution in [0.4, 0.5) is 4.39 Å². The Morgan fingerprint density at radius 2 is 2.08 bits per heavy atom. The van der Waals surface area contributed by atoms with Gasteiger partial charge in [-0.05, 0) is 50.2 Å². The molecular formula is C21H26BrFN2O. The van der Waals surface area contributed by atoms with Gasteiger partial charge in [0.15, 0.2) is 0 Å². The van der Waals surface area contributed by atoms with Crippen LogP contribution in [0.25, 0.3) is 0 Å². The minimum Gasteiger partial charge on any atom is -0.488 e. The number of nitrogens with zero attached hydrogens (tertiary/aromatic N) is 1. The Balaban J connectivity index is 1.59. The zero-order valence-electron chi connectivity index (χ0n) is 15.2. The summed E-state index contributed by atoms with van der Waals surface area (Å²) < 4.78 is 20.7. The van der Waals surface area contributed by atoms with Gasteiger partial charge in [0.25, 0.3) is 0 Å². The van der Waals surface area contributed by atoms with Crippen LogP contribution in [0.5, 0.6) is 5.75 Å². The van der Waals surface area contributed by atoms with Crippen molar-refractivity contribution in [1.29, 1.82) is 0 Å². The summed E-state index contributed by atoms with van der Waals surface area (Å²) in [5.74, 6) is 0.563. The van der Waals surface area contributed by atoms with Crippen LogP contribution < -0.4 is 10.1 Å². The fraction of sp³-hybridized carbons (Fsp3) is 0.429. The number of hydrogen-bond acceptors (Lipinski definition) is 3. The van der Waals surface area contributed by atoms with Crippen molar-refractivity contribution < 1.29 is 9.13 Å². The molecular weight excluding hydrogens is 395 g/mol. The molecule has 1 atom stereocenters. The van der Waals surface area contributed by atoms with E-state index < -0.39 is 0 Å². The average Bonchev–Trinajstić information content (AvgIpc) is 3.10. The van der Waals surface area contributed by atoms with Crippen LogP contribution in [0, 0.1) is 5.82 Å². The lowest BCUT2D eigenvalue weighted by Gasteiger charge is -2.23. The van der Waals surface area contributed by atoms with Gasteiger partial charge >= 0.3 is 0 Å². The molecule has 5 heteroatoms. The Hall–Kier alpha value is -1.43. The second-order valence-corrected chi connectivity index (χ2v) is 7.60. The monoisotopic (exact) mass is 420 g/mol. The van der Waals surface area contributed by atoms with Crippen LogP contribution in [-0.2, 0) is 13.2 Å². The molecule has 0 bridgehead atoms. The maximum absolute atomic E-state index is 13.8. The number of nitrogens with one attached hydrogen (secondary N) is 1. The topological polar surface area (TPSA) is 24.5 Å². The van der Waals surface area contributed by atoms with Crippen LogP contribution in [0.15, 0.2) is 46.9 Å². The van der Waals surface area contributed by atoms with Crippen molar-refractivity contribution in [2.24, 2.45) is 0 Å². The van der Waals surface area contributed by atoms with Gasteiger partial charge in [-0.3, -0.25) is 4.90 Å². The van der Waals surface area contributed by atoms with Crippen LogP contribution in [0.3, 0.4) is 0 Å². The van der Waals surface area contributed by atoms with E-state index in [1.807, 2.05) is 18.2 Å². The van der Waals surface area contributed by atoms with Gasteiger partial charge < -0.3 is 10.1 Å². The summed E-state index contributed by atoms with van der Waals surface area (Å²) in [5, 5.41) is 3.57. The van der Waals surface area contributed by atoms with Gasteiger partial charge in [-0.15, -0.1) is 0 Å². The van der Waals surface area contributed by atoms with E-state index in [2.05, 4.69) is 39.1 Å². The number of rotatable bonds is 8. The molecule has 1 heterocycles. The van der Waals surface area contributed by atoms with Crippen molar-refractivity contribution in [3.8, 4) is 5.75 Å². The Morgan fingerprint density at radius 1 is 1.23 bits per heavy atom. The molecule has 1 saturated heterocycles. The lowest BCUT2D eigenvalue weighted by atomic mass is 10.1. The molecule has 26 heavy (non-hydrogen) atoms. The van der Waals surface area contributed by atoms with Crippen molar-refractivity contribution in [1.82, 2.24) is 10.2 Å². The van der Waals surface area contributed by atoms with Gasteiger partial charge in [0, 0.05) is 34.7 Å². The molecule has 0 spiro atoms. The number of likely N-dealkylation sites (N-methyl/N-ethyl adjacent to an activating group) is 1. The van der Waals surface area contributed by atoms with Crippen LogP contribution >= 0.6 is 15.9 Å². The molecule has 1 N–H and O–H groups in total. The van der Waals surface area contributed by atoms with Gasteiger partial charge in [0.05, 0.1) is 0 Å². The molecule has 1 fully saturated rings. The van der Waals surface area contributed by atoms with Gasteiger partial charge in [-0.1, -0.05) is 41.1 Å². The molecule has 0 aliphatic carbocycles. The molecule has 2 aromatic carbocycles. The normalized spacial score (nSPS) is 17.6. The summed E-state index contributed by atoms with van der Waals surface area (Å²) in [6, 6.07) is 13.3. The second kappa shape index (κ2) is 9.49. The predicted octanol–water partition coefficient (Wildman–Crippen LogP) is 4.74. The summed E-state index contributed by atoms with van der Waals surface area (Å²) in [6.07, 6.45) is 2.55. The fourth-order valence-electron chi connectivity index (χ4n) is 3.51. The molecule has 1 aliphatic rings. The molecule has 140 valence electrons. The van der Waals surface area contributed by atoms with E-state index >= 15 is 0 Å². The summed E-state index contributed by atoms with van der Waals surface area (Å²) in [7, 11) is 0. The predicted molar refractivity (Wildman–Crippen MR) is 107 cm³/mol. The first-order valence-corrected chi connectivity index (χ1v) is 10.1. The maximum atomic E-state index is 13.8. The van der Waals surface area contributed by atoms with Crippen LogP contribution in [-0.4, -0.2) is 30.6 Å². The fourth-order valence-corrected chi connectivity index (χ4v) is 3.92. The van der Waals surface area contributed by atoms with E-state index in [4.69, 9.17) is 4.74 Å². The highest BCUT2D eigenvalue weighted by atomic mass is 79.9. The average molecular weight is 421 g/mol. The van der Waals surface area contributed by atoms with E-state index in [9.17, 15) is 4.39 Å².